The molecule has 1 aromatic carbocycles. The minimum Gasteiger partial charge on any atom is -0.350 e. The van der Waals surface area contributed by atoms with E-state index in [2.05, 4.69) is 22.2 Å². The van der Waals surface area contributed by atoms with Crippen molar-refractivity contribution in [3.63, 3.8) is 0 Å². The van der Waals surface area contributed by atoms with Crippen molar-refractivity contribution in [1.82, 2.24) is 20.0 Å². The third-order valence-corrected chi connectivity index (χ3v) is 5.48. The summed E-state index contributed by atoms with van der Waals surface area (Å²) in [5, 5.41) is 6.85. The lowest BCUT2D eigenvalue weighted by Gasteiger charge is -2.35. The third kappa shape index (κ3) is 5.11. The van der Waals surface area contributed by atoms with Crippen LogP contribution in [-0.2, 0) is 6.18 Å². The molecule has 1 saturated heterocycles. The molecular weight excluding hydrogens is 405 g/mol. The molecule has 0 aliphatic carbocycles. The fourth-order valence-corrected chi connectivity index (χ4v) is 3.78. The zero-order valence-corrected chi connectivity index (χ0v) is 17.1. The maximum absolute atomic E-state index is 13.7. The van der Waals surface area contributed by atoms with Gasteiger partial charge in [0.25, 0.3) is 5.91 Å². The number of piperidine rings is 1. The van der Waals surface area contributed by atoms with Crippen LogP contribution in [0.2, 0.25) is 5.02 Å². The Morgan fingerprint density at radius 2 is 2.03 bits per heavy atom. The first kappa shape index (κ1) is 21.6. The Kier molecular flexibility index (Phi) is 6.53. The summed E-state index contributed by atoms with van der Waals surface area (Å²) < 4.78 is 41.9. The van der Waals surface area contributed by atoms with Crippen molar-refractivity contribution in [3.05, 3.63) is 46.7 Å². The van der Waals surface area contributed by atoms with Gasteiger partial charge in [0.05, 0.1) is 17.4 Å². The van der Waals surface area contributed by atoms with Crippen LogP contribution >= 0.6 is 11.6 Å². The molecule has 2 atom stereocenters. The van der Waals surface area contributed by atoms with E-state index in [4.69, 9.17) is 11.6 Å². The Morgan fingerprint density at radius 1 is 1.34 bits per heavy atom. The molecule has 2 heterocycles. The molecule has 5 nitrogen and oxygen atoms in total. The maximum atomic E-state index is 13.7. The molecule has 2 aromatic rings. The fraction of sp³-hybridized carbons (Fsp3) is 0.500. The molecule has 158 valence electrons. The van der Waals surface area contributed by atoms with E-state index < -0.39 is 23.3 Å². The Balaban J connectivity index is 1.77. The molecule has 1 amide bonds. The molecule has 9 heteroatoms. The van der Waals surface area contributed by atoms with Gasteiger partial charge in [-0.15, -0.1) is 0 Å². The largest absolute Gasteiger partial charge is 0.434 e. The lowest BCUT2D eigenvalue weighted by atomic mass is 9.99. The van der Waals surface area contributed by atoms with Crippen LogP contribution < -0.4 is 5.32 Å². The number of amides is 1. The second-order valence-electron chi connectivity index (χ2n) is 7.59. The normalized spacial score (nSPS) is 19.2. The lowest BCUT2D eigenvalue weighted by molar-refractivity contribution is -0.143. The van der Waals surface area contributed by atoms with Crippen molar-refractivity contribution in [1.29, 1.82) is 0 Å². The van der Waals surface area contributed by atoms with Crippen molar-refractivity contribution < 1.29 is 18.0 Å². The van der Waals surface area contributed by atoms with Crippen LogP contribution in [0.5, 0.6) is 0 Å². The van der Waals surface area contributed by atoms with Crippen LogP contribution in [0.1, 0.15) is 42.7 Å². The Labute approximate surface area is 172 Å². The van der Waals surface area contributed by atoms with E-state index in [1.807, 2.05) is 6.92 Å². The molecule has 1 aliphatic rings. The van der Waals surface area contributed by atoms with E-state index in [1.54, 1.807) is 0 Å². The van der Waals surface area contributed by atoms with Crippen molar-refractivity contribution in [2.45, 2.75) is 38.9 Å². The highest BCUT2D eigenvalue weighted by molar-refractivity contribution is 6.30. The number of carbonyl (C=O) groups is 1. The first-order valence-electron chi connectivity index (χ1n) is 9.60. The SMILES string of the molecule is C[C@@H]1CCCN([C@@H](C)CNC(=O)c2cnn(-c3ccc(Cl)cc3)c2C(F)(F)F)C1. The van der Waals surface area contributed by atoms with Gasteiger partial charge < -0.3 is 5.32 Å². The van der Waals surface area contributed by atoms with Gasteiger partial charge in [-0.2, -0.15) is 18.3 Å². The second-order valence-corrected chi connectivity index (χ2v) is 8.03. The third-order valence-electron chi connectivity index (χ3n) is 5.22. The van der Waals surface area contributed by atoms with Crippen molar-refractivity contribution >= 4 is 17.5 Å². The monoisotopic (exact) mass is 428 g/mol. The highest BCUT2D eigenvalue weighted by atomic mass is 35.5. The molecule has 3 rings (SSSR count). The van der Waals surface area contributed by atoms with Gasteiger partial charge in [0.2, 0.25) is 0 Å². The lowest BCUT2D eigenvalue weighted by Crippen LogP contribution is -2.46. The van der Waals surface area contributed by atoms with E-state index in [9.17, 15) is 18.0 Å². The molecule has 1 aliphatic heterocycles. The van der Waals surface area contributed by atoms with Gasteiger partial charge in [0.15, 0.2) is 5.69 Å². The number of nitrogens with one attached hydrogen (secondary N) is 1. The summed E-state index contributed by atoms with van der Waals surface area (Å²) in [4.78, 5) is 14.8. The second kappa shape index (κ2) is 8.75. The average molecular weight is 429 g/mol. The molecular formula is C20H24ClF3N4O. The number of benzene rings is 1. The number of carbonyl (C=O) groups excluding carboxylic acids is 1. The molecule has 1 fully saturated rings. The van der Waals surface area contributed by atoms with Crippen LogP contribution in [-0.4, -0.2) is 46.3 Å². The van der Waals surface area contributed by atoms with Crippen LogP contribution in [0.4, 0.5) is 13.2 Å². The quantitative estimate of drug-likeness (QED) is 0.768. The van der Waals surface area contributed by atoms with Crippen molar-refractivity contribution in [3.8, 4) is 5.69 Å². The summed E-state index contributed by atoms with van der Waals surface area (Å²) in [6.45, 7) is 6.29. The molecule has 1 aromatic heterocycles. The average Bonchev–Trinajstić information content (AvgIpc) is 3.12. The summed E-state index contributed by atoms with van der Waals surface area (Å²) in [6, 6.07) is 5.83. The first-order chi connectivity index (χ1) is 13.7. The minimum atomic E-state index is -4.74. The predicted octanol–water partition coefficient (Wildman–Crippen LogP) is 4.39. The molecule has 0 radical (unpaired) electrons. The summed E-state index contributed by atoms with van der Waals surface area (Å²) in [5.74, 6) is -0.203. The number of halogens is 4. The van der Waals surface area contributed by atoms with Gasteiger partial charge in [-0.05, 0) is 56.5 Å². The van der Waals surface area contributed by atoms with Gasteiger partial charge in [-0.1, -0.05) is 18.5 Å². The number of hydrogen-bond donors (Lipinski definition) is 1. The number of nitrogens with zero attached hydrogens (tertiary/aromatic N) is 3. The van der Waals surface area contributed by atoms with Crippen LogP contribution in [0.25, 0.3) is 5.69 Å². The number of alkyl halides is 3. The standard InChI is InChI=1S/C20H24ClF3N4O/c1-13-4-3-9-27(12-13)14(2)10-25-19(29)17-11-26-28(18(17)20(22,23)24)16-7-5-15(21)6-8-16/h5-8,11,13-14H,3-4,9-10,12H2,1-2H3,(H,25,29)/t13-,14+/m1/s1. The molecule has 1 N–H and O–H groups in total. The van der Waals surface area contributed by atoms with Crippen LogP contribution in [0, 0.1) is 5.92 Å². The number of likely N-dealkylation sites (tertiary alicyclic amines) is 1. The zero-order chi connectivity index (χ0) is 21.2. The van der Waals surface area contributed by atoms with E-state index in [-0.39, 0.29) is 18.3 Å². The van der Waals surface area contributed by atoms with Crippen LogP contribution in [0.3, 0.4) is 0 Å². The Morgan fingerprint density at radius 3 is 2.66 bits per heavy atom. The van der Waals surface area contributed by atoms with E-state index in [0.717, 1.165) is 30.4 Å². The highest BCUT2D eigenvalue weighted by Crippen LogP contribution is 2.33. The number of aromatic nitrogens is 2. The predicted molar refractivity (Wildman–Crippen MR) is 105 cm³/mol. The smallest absolute Gasteiger partial charge is 0.350 e. The molecule has 0 saturated carbocycles. The van der Waals surface area contributed by atoms with E-state index in [1.165, 1.54) is 30.7 Å². The minimum absolute atomic E-state index is 0.0438. The van der Waals surface area contributed by atoms with Gasteiger partial charge in [-0.3, -0.25) is 9.69 Å². The van der Waals surface area contributed by atoms with Crippen molar-refractivity contribution in [2.75, 3.05) is 19.6 Å². The van der Waals surface area contributed by atoms with E-state index in [0.29, 0.717) is 10.9 Å². The molecule has 0 bridgehead atoms. The molecule has 0 unspecified atom stereocenters. The zero-order valence-electron chi connectivity index (χ0n) is 16.3. The van der Waals surface area contributed by atoms with Crippen molar-refractivity contribution in [2.24, 2.45) is 5.92 Å². The highest BCUT2D eigenvalue weighted by Gasteiger charge is 2.40. The summed E-state index contributed by atoms with van der Waals surface area (Å²) >= 11 is 5.81. The molecule has 29 heavy (non-hydrogen) atoms. The van der Waals surface area contributed by atoms with E-state index >= 15 is 0 Å². The summed E-state index contributed by atoms with van der Waals surface area (Å²) in [5.41, 5.74) is -1.42. The topological polar surface area (TPSA) is 50.2 Å². The summed E-state index contributed by atoms with van der Waals surface area (Å²) in [7, 11) is 0. The van der Waals surface area contributed by atoms with Gasteiger partial charge >= 0.3 is 6.18 Å². The van der Waals surface area contributed by atoms with Crippen LogP contribution in [0.15, 0.2) is 30.5 Å². The summed E-state index contributed by atoms with van der Waals surface area (Å²) in [6.07, 6.45) is -1.52. The van der Waals surface area contributed by atoms with Gasteiger partial charge in [0.1, 0.15) is 0 Å². The maximum Gasteiger partial charge on any atom is 0.434 e. The van der Waals surface area contributed by atoms with Gasteiger partial charge in [0, 0.05) is 24.2 Å². The Bertz CT molecular complexity index is 850. The number of hydrogen-bond acceptors (Lipinski definition) is 3. The van der Waals surface area contributed by atoms with Gasteiger partial charge in [-0.25, -0.2) is 4.68 Å². The first-order valence-corrected chi connectivity index (χ1v) is 9.98. The number of rotatable bonds is 5. The fourth-order valence-electron chi connectivity index (χ4n) is 3.66. The molecule has 0 spiro atoms. The Hall–Kier alpha value is -2.06.